The molecule has 0 atom stereocenters. The minimum Gasteiger partial charge on any atom is -1.00 e. The van der Waals surface area contributed by atoms with E-state index in [2.05, 4.69) is 0 Å². The first-order valence-electron chi connectivity index (χ1n) is 4.52. The first-order valence-corrected chi connectivity index (χ1v) is 4.52. The van der Waals surface area contributed by atoms with Crippen LogP contribution < -0.4 is 59.1 Å². The third-order valence-corrected chi connectivity index (χ3v) is 1.22. The van der Waals surface area contributed by atoms with E-state index in [9.17, 15) is 9.59 Å². The third kappa shape index (κ3) is 14.9. The minimum atomic E-state index is -0.511. The molecule has 4 nitrogen and oxygen atoms in total. The van der Waals surface area contributed by atoms with E-state index in [1.54, 1.807) is 0 Å². The van der Waals surface area contributed by atoms with Gasteiger partial charge in [-0.05, 0) is 12.8 Å². The van der Waals surface area contributed by atoms with E-state index in [4.69, 9.17) is 9.47 Å². The Morgan fingerprint density at radius 1 is 0.933 bits per heavy atom. The molecule has 80 valence electrons. The quantitative estimate of drug-likeness (QED) is 0.265. The average Bonchev–Trinajstić information content (AvgIpc) is 2.11. The zero-order valence-electron chi connectivity index (χ0n) is 12.2. The van der Waals surface area contributed by atoms with Crippen molar-refractivity contribution in [1.29, 1.82) is 0 Å². The first kappa shape index (κ1) is 21.2. The van der Waals surface area contributed by atoms with Crippen LogP contribution in [0.15, 0.2) is 0 Å². The van der Waals surface area contributed by atoms with Crippen molar-refractivity contribution in [3.63, 3.8) is 0 Å². The first-order chi connectivity index (χ1) is 6.20. The Morgan fingerprint density at radius 3 is 1.53 bits per heavy atom. The normalized spacial score (nSPS) is 8.13. The molecule has 0 heterocycles. The smallest absolute Gasteiger partial charge is 1.00 e. The fourth-order valence-corrected chi connectivity index (χ4v) is 0.652. The number of hydrogen-bond donors (Lipinski definition) is 0. The Bertz CT molecular complexity index is 164. The van der Waals surface area contributed by atoms with Gasteiger partial charge in [0.05, 0.1) is 13.2 Å². The van der Waals surface area contributed by atoms with Crippen molar-refractivity contribution in [2.24, 2.45) is 0 Å². The van der Waals surface area contributed by atoms with Crippen molar-refractivity contribution >= 4 is 11.9 Å². The second-order valence-electron chi connectivity index (χ2n) is 2.62. The zero-order valence-corrected chi connectivity index (χ0v) is 14.2. The second kappa shape index (κ2) is 14.9. The summed E-state index contributed by atoms with van der Waals surface area (Å²) in [5.74, 6) is -1.02. The van der Waals surface area contributed by atoms with Crippen molar-refractivity contribution in [3.8, 4) is 0 Å². The Hall–Kier alpha value is 0.940. The standard InChI is InChI=1S/C9H16O4.2Na.2H/c1-3-5-12-8(10)7-9(11)13-6-4-2;;;;/h3-7H2,1-2H3;;;;/q;2*+1;2*-1. The molecule has 0 unspecified atom stereocenters. The molecule has 6 heteroatoms. The van der Waals surface area contributed by atoms with E-state index in [1.807, 2.05) is 13.8 Å². The van der Waals surface area contributed by atoms with Crippen LogP contribution in [0.1, 0.15) is 36.0 Å². The van der Waals surface area contributed by atoms with E-state index in [-0.39, 0.29) is 68.4 Å². The number of carbonyl (C=O) groups excluding carboxylic acids is 2. The van der Waals surface area contributed by atoms with Crippen molar-refractivity contribution in [2.75, 3.05) is 13.2 Å². The fraction of sp³-hybridized carbons (Fsp3) is 0.778. The van der Waals surface area contributed by atoms with Crippen LogP contribution in [0, 0.1) is 0 Å². The summed E-state index contributed by atoms with van der Waals surface area (Å²) in [5, 5.41) is 0. The van der Waals surface area contributed by atoms with Gasteiger partial charge in [-0.2, -0.15) is 0 Å². The van der Waals surface area contributed by atoms with Crippen molar-refractivity contribution in [2.45, 2.75) is 33.1 Å². The average molecular weight is 236 g/mol. The molecule has 0 aliphatic carbocycles. The Labute approximate surface area is 138 Å². The van der Waals surface area contributed by atoms with Crippen molar-refractivity contribution < 1.29 is 81.0 Å². The van der Waals surface area contributed by atoms with E-state index in [0.29, 0.717) is 13.2 Å². The molecule has 0 bridgehead atoms. The van der Waals surface area contributed by atoms with Crippen LogP contribution in [0.4, 0.5) is 0 Å². The van der Waals surface area contributed by atoms with Gasteiger partial charge >= 0.3 is 71.1 Å². The topological polar surface area (TPSA) is 52.6 Å². The van der Waals surface area contributed by atoms with Crippen LogP contribution in [0.3, 0.4) is 0 Å². The number of carbonyl (C=O) groups is 2. The molecule has 0 fully saturated rings. The molecule has 0 rings (SSSR count). The Kier molecular flexibility index (Phi) is 21.2. The maximum Gasteiger partial charge on any atom is 1.00 e. The van der Waals surface area contributed by atoms with Gasteiger partial charge in [-0.25, -0.2) is 0 Å². The van der Waals surface area contributed by atoms with E-state index in [0.717, 1.165) is 12.8 Å². The van der Waals surface area contributed by atoms with E-state index >= 15 is 0 Å². The molecular weight excluding hydrogens is 218 g/mol. The van der Waals surface area contributed by atoms with Crippen LogP contribution in [-0.2, 0) is 19.1 Å². The van der Waals surface area contributed by atoms with Gasteiger partial charge in [-0.15, -0.1) is 0 Å². The molecule has 0 N–H and O–H groups in total. The van der Waals surface area contributed by atoms with E-state index in [1.165, 1.54) is 0 Å². The molecule has 0 aromatic rings. The number of hydrogen-bond acceptors (Lipinski definition) is 4. The SMILES string of the molecule is CCCOC(=O)CC(=O)OCCC.[H-].[H-].[Na+].[Na+]. The van der Waals surface area contributed by atoms with Gasteiger partial charge in [0.25, 0.3) is 0 Å². The second-order valence-corrected chi connectivity index (χ2v) is 2.62. The zero-order chi connectivity index (χ0) is 10.1. The largest absolute Gasteiger partial charge is 1.00 e. The maximum atomic E-state index is 10.9. The van der Waals surface area contributed by atoms with Gasteiger partial charge in [0, 0.05) is 0 Å². The summed E-state index contributed by atoms with van der Waals surface area (Å²) in [4.78, 5) is 21.7. The molecule has 0 aliphatic rings. The van der Waals surface area contributed by atoms with Crippen molar-refractivity contribution in [3.05, 3.63) is 0 Å². The molecule has 0 spiro atoms. The van der Waals surface area contributed by atoms with Gasteiger partial charge in [0.2, 0.25) is 0 Å². The Balaban J connectivity index is -0.000000120. The van der Waals surface area contributed by atoms with Crippen LogP contribution in [0.5, 0.6) is 0 Å². The molecule has 0 saturated carbocycles. The molecule has 0 amide bonds. The molecule has 0 radical (unpaired) electrons. The van der Waals surface area contributed by atoms with Crippen LogP contribution in [0.2, 0.25) is 0 Å². The monoisotopic (exact) mass is 236 g/mol. The summed E-state index contributed by atoms with van der Waals surface area (Å²) in [6, 6.07) is 0. The van der Waals surface area contributed by atoms with Gasteiger partial charge in [-0.3, -0.25) is 9.59 Å². The molecule has 15 heavy (non-hydrogen) atoms. The number of rotatable bonds is 6. The van der Waals surface area contributed by atoms with E-state index < -0.39 is 11.9 Å². The fourth-order valence-electron chi connectivity index (χ4n) is 0.652. The maximum absolute atomic E-state index is 10.9. The van der Waals surface area contributed by atoms with Crippen LogP contribution >= 0.6 is 0 Å². The predicted molar refractivity (Wildman–Crippen MR) is 49.3 cm³/mol. The van der Waals surface area contributed by atoms with Gasteiger partial charge in [-0.1, -0.05) is 13.8 Å². The van der Waals surface area contributed by atoms with Gasteiger partial charge in [0.15, 0.2) is 0 Å². The summed E-state index contributed by atoms with van der Waals surface area (Å²) in [6.07, 6.45) is 1.24. The Morgan fingerprint density at radius 2 is 1.27 bits per heavy atom. The summed E-state index contributed by atoms with van der Waals surface area (Å²) >= 11 is 0. The summed E-state index contributed by atoms with van der Waals surface area (Å²) in [7, 11) is 0. The molecule has 0 aromatic carbocycles. The van der Waals surface area contributed by atoms with Gasteiger partial charge < -0.3 is 12.3 Å². The predicted octanol–water partition coefficient (Wildman–Crippen LogP) is -4.48. The molecular formula is C9H18Na2O4. The molecule has 0 aromatic heterocycles. The van der Waals surface area contributed by atoms with Gasteiger partial charge in [0.1, 0.15) is 6.42 Å². The number of esters is 2. The summed E-state index contributed by atoms with van der Waals surface area (Å²) in [6.45, 7) is 4.51. The van der Waals surface area contributed by atoms with Crippen LogP contribution in [0.25, 0.3) is 0 Å². The molecule has 0 aliphatic heterocycles. The third-order valence-electron chi connectivity index (χ3n) is 1.22. The van der Waals surface area contributed by atoms with Crippen molar-refractivity contribution in [1.82, 2.24) is 0 Å². The summed E-state index contributed by atoms with van der Waals surface area (Å²) < 4.78 is 9.40. The minimum absolute atomic E-state index is 0. The summed E-state index contributed by atoms with van der Waals surface area (Å²) in [5.41, 5.74) is 0. The molecule has 0 saturated heterocycles. The van der Waals surface area contributed by atoms with Crippen LogP contribution in [-0.4, -0.2) is 25.2 Å². The number of ether oxygens (including phenoxy) is 2.